The third-order valence-corrected chi connectivity index (χ3v) is 2.63. The van der Waals surface area contributed by atoms with Crippen molar-refractivity contribution in [2.45, 2.75) is 6.92 Å². The van der Waals surface area contributed by atoms with Gasteiger partial charge in [-0.3, -0.25) is 0 Å². The maximum atomic E-state index is 5.61. The molecule has 0 saturated carbocycles. The van der Waals surface area contributed by atoms with Crippen molar-refractivity contribution in [3.05, 3.63) is 53.1 Å². The fourth-order valence-corrected chi connectivity index (χ4v) is 1.46. The minimum atomic E-state index is 0.618. The molecule has 2 aromatic rings. The summed E-state index contributed by atoms with van der Waals surface area (Å²) in [5.41, 5.74) is 13.5. The monoisotopic (exact) mass is 264 g/mol. The highest BCUT2D eigenvalue weighted by molar-refractivity contribution is 6.33. The zero-order valence-corrected chi connectivity index (χ0v) is 11.2. The molecule has 0 spiro atoms. The Bertz CT molecular complexity index is 494. The minimum Gasteiger partial charge on any atom is -0.495 e. The lowest BCUT2D eigenvalue weighted by Gasteiger charge is -2.03. The predicted octanol–water partition coefficient (Wildman–Crippen LogP) is 3.51. The van der Waals surface area contributed by atoms with Crippen LogP contribution < -0.4 is 16.2 Å². The quantitative estimate of drug-likeness (QED) is 0.775. The van der Waals surface area contributed by atoms with Gasteiger partial charge in [-0.05, 0) is 36.8 Å². The van der Waals surface area contributed by atoms with Gasteiger partial charge < -0.3 is 16.2 Å². The van der Waals surface area contributed by atoms with Gasteiger partial charge >= 0.3 is 0 Å². The van der Waals surface area contributed by atoms with Crippen molar-refractivity contribution in [1.82, 2.24) is 0 Å². The molecule has 0 aliphatic rings. The number of halogens is 1. The van der Waals surface area contributed by atoms with E-state index in [1.165, 1.54) is 0 Å². The maximum absolute atomic E-state index is 5.61. The Labute approximate surface area is 112 Å². The second kappa shape index (κ2) is 6.77. The number of hydrogen-bond acceptors (Lipinski definition) is 3. The van der Waals surface area contributed by atoms with Gasteiger partial charge in [0.15, 0.2) is 0 Å². The van der Waals surface area contributed by atoms with Crippen molar-refractivity contribution in [3.63, 3.8) is 0 Å². The van der Waals surface area contributed by atoms with Gasteiger partial charge in [-0.15, -0.1) is 0 Å². The molecule has 0 aromatic heterocycles. The summed E-state index contributed by atoms with van der Waals surface area (Å²) in [7, 11) is 1.61. The Kier molecular flexibility index (Phi) is 5.33. The number of methoxy groups -OCH3 is 1. The molecule has 2 rings (SSSR count). The standard InChI is InChI=1S/C8H11NO.C6H6ClN/c1-6-3-4-8(10-2)7(9)5-6;7-5-3-1-2-4-6(5)8/h3-5H,9H2,1-2H3;1-4H,8H2. The zero-order chi connectivity index (χ0) is 13.5. The van der Waals surface area contributed by atoms with Gasteiger partial charge in [0.1, 0.15) is 5.75 Å². The SMILES string of the molecule is COc1ccc(C)cc1N.Nc1ccccc1Cl. The number of para-hydroxylation sites is 1. The van der Waals surface area contributed by atoms with Crippen LogP contribution in [0.2, 0.25) is 5.02 Å². The van der Waals surface area contributed by atoms with Crippen LogP contribution in [0, 0.1) is 6.92 Å². The second-order valence-corrected chi connectivity index (χ2v) is 4.17. The molecule has 3 nitrogen and oxygen atoms in total. The Morgan fingerprint density at radius 1 is 1.00 bits per heavy atom. The summed E-state index contributed by atoms with van der Waals surface area (Å²) < 4.78 is 4.97. The number of ether oxygens (including phenoxy) is 1. The van der Waals surface area contributed by atoms with Gasteiger partial charge in [0.25, 0.3) is 0 Å². The molecule has 0 bridgehead atoms. The van der Waals surface area contributed by atoms with Crippen molar-refractivity contribution in [2.75, 3.05) is 18.6 Å². The second-order valence-electron chi connectivity index (χ2n) is 3.77. The number of aryl methyl sites for hydroxylation is 1. The molecular weight excluding hydrogens is 248 g/mol. The van der Waals surface area contributed by atoms with E-state index in [1.54, 1.807) is 19.2 Å². The first-order chi connectivity index (χ1) is 8.54. The largest absolute Gasteiger partial charge is 0.495 e. The van der Waals surface area contributed by atoms with E-state index in [0.29, 0.717) is 16.4 Å². The van der Waals surface area contributed by atoms with Crippen LogP contribution in [-0.4, -0.2) is 7.11 Å². The summed E-state index contributed by atoms with van der Waals surface area (Å²) >= 11 is 5.58. The van der Waals surface area contributed by atoms with E-state index >= 15 is 0 Å². The highest BCUT2D eigenvalue weighted by atomic mass is 35.5. The van der Waals surface area contributed by atoms with Crippen molar-refractivity contribution < 1.29 is 4.74 Å². The van der Waals surface area contributed by atoms with Crippen LogP contribution >= 0.6 is 11.6 Å². The van der Waals surface area contributed by atoms with E-state index in [9.17, 15) is 0 Å². The topological polar surface area (TPSA) is 61.3 Å². The lowest BCUT2D eigenvalue weighted by atomic mass is 10.2. The fraction of sp³-hybridized carbons (Fsp3) is 0.143. The van der Waals surface area contributed by atoms with Crippen LogP contribution in [0.4, 0.5) is 11.4 Å². The van der Waals surface area contributed by atoms with Gasteiger partial charge in [-0.25, -0.2) is 0 Å². The van der Waals surface area contributed by atoms with E-state index in [4.69, 9.17) is 27.8 Å². The summed E-state index contributed by atoms with van der Waals surface area (Å²) in [6, 6.07) is 12.9. The Morgan fingerprint density at radius 2 is 1.67 bits per heavy atom. The molecule has 0 aliphatic heterocycles. The van der Waals surface area contributed by atoms with Gasteiger partial charge in [-0.2, -0.15) is 0 Å². The molecular formula is C14H17ClN2O. The molecule has 0 aliphatic carbocycles. The first-order valence-corrected chi connectivity index (χ1v) is 5.82. The number of nitrogen functional groups attached to an aromatic ring is 2. The van der Waals surface area contributed by atoms with E-state index in [0.717, 1.165) is 11.3 Å². The minimum absolute atomic E-state index is 0.618. The third kappa shape index (κ3) is 4.18. The van der Waals surface area contributed by atoms with Crippen LogP contribution in [0.15, 0.2) is 42.5 Å². The number of hydrogen-bond donors (Lipinski definition) is 2. The van der Waals surface area contributed by atoms with Crippen molar-refractivity contribution in [2.24, 2.45) is 0 Å². The molecule has 4 N–H and O–H groups in total. The normalized spacial score (nSPS) is 9.28. The van der Waals surface area contributed by atoms with E-state index in [2.05, 4.69) is 0 Å². The molecule has 0 saturated heterocycles. The summed E-state index contributed by atoms with van der Waals surface area (Å²) in [6.45, 7) is 2.00. The molecule has 18 heavy (non-hydrogen) atoms. The summed E-state index contributed by atoms with van der Waals surface area (Å²) in [6.07, 6.45) is 0. The fourth-order valence-electron chi connectivity index (χ4n) is 1.33. The number of anilines is 2. The average Bonchev–Trinajstić information content (AvgIpc) is 2.34. The van der Waals surface area contributed by atoms with Crippen LogP contribution in [0.3, 0.4) is 0 Å². The molecule has 4 heteroatoms. The van der Waals surface area contributed by atoms with Crippen LogP contribution in [0.1, 0.15) is 5.56 Å². The Balaban J connectivity index is 0.000000184. The summed E-state index contributed by atoms with van der Waals surface area (Å²) in [5, 5.41) is 0.618. The first kappa shape index (κ1) is 14.2. The Hall–Kier alpha value is -1.87. The highest BCUT2D eigenvalue weighted by Gasteiger charge is 1.95. The molecule has 0 fully saturated rings. The van der Waals surface area contributed by atoms with Gasteiger partial charge in [0.05, 0.1) is 23.5 Å². The van der Waals surface area contributed by atoms with Gasteiger partial charge in [-0.1, -0.05) is 29.8 Å². The molecule has 0 atom stereocenters. The number of nitrogens with two attached hydrogens (primary N) is 2. The van der Waals surface area contributed by atoms with Crippen LogP contribution in [-0.2, 0) is 0 Å². The molecule has 0 radical (unpaired) electrons. The van der Waals surface area contributed by atoms with Crippen molar-refractivity contribution >= 4 is 23.0 Å². The van der Waals surface area contributed by atoms with Crippen LogP contribution in [0.5, 0.6) is 5.75 Å². The van der Waals surface area contributed by atoms with Crippen LogP contribution in [0.25, 0.3) is 0 Å². The maximum Gasteiger partial charge on any atom is 0.141 e. The lowest BCUT2D eigenvalue weighted by Crippen LogP contribution is -1.91. The van der Waals surface area contributed by atoms with Crippen molar-refractivity contribution in [1.29, 1.82) is 0 Å². The smallest absolute Gasteiger partial charge is 0.141 e. The predicted molar refractivity (Wildman–Crippen MR) is 78.0 cm³/mol. The highest BCUT2D eigenvalue weighted by Crippen LogP contribution is 2.20. The Morgan fingerprint density at radius 3 is 2.11 bits per heavy atom. The molecule has 2 aromatic carbocycles. The number of benzene rings is 2. The van der Waals surface area contributed by atoms with E-state index in [-0.39, 0.29) is 0 Å². The van der Waals surface area contributed by atoms with E-state index in [1.807, 2.05) is 37.3 Å². The third-order valence-electron chi connectivity index (χ3n) is 2.29. The molecule has 0 unspecified atom stereocenters. The van der Waals surface area contributed by atoms with E-state index < -0.39 is 0 Å². The summed E-state index contributed by atoms with van der Waals surface area (Å²) in [5.74, 6) is 0.741. The van der Waals surface area contributed by atoms with Gasteiger partial charge in [0.2, 0.25) is 0 Å². The molecule has 0 heterocycles. The molecule has 0 amide bonds. The molecule has 96 valence electrons. The summed E-state index contributed by atoms with van der Waals surface area (Å²) in [4.78, 5) is 0. The zero-order valence-electron chi connectivity index (χ0n) is 10.5. The first-order valence-electron chi connectivity index (χ1n) is 5.44. The van der Waals surface area contributed by atoms with Crippen molar-refractivity contribution in [3.8, 4) is 5.75 Å². The van der Waals surface area contributed by atoms with Gasteiger partial charge in [0, 0.05) is 0 Å². The lowest BCUT2D eigenvalue weighted by molar-refractivity contribution is 0.417. The average molecular weight is 265 g/mol. The number of rotatable bonds is 1.